The molecule has 0 aliphatic carbocycles. The summed E-state index contributed by atoms with van der Waals surface area (Å²) in [4.78, 5) is 12.2. The molecule has 0 bridgehead atoms. The van der Waals surface area contributed by atoms with Crippen molar-refractivity contribution in [2.75, 3.05) is 33.9 Å². The highest BCUT2D eigenvalue weighted by molar-refractivity contribution is 5.85. The molecule has 1 fully saturated rings. The van der Waals surface area contributed by atoms with Gasteiger partial charge in [0.25, 0.3) is 0 Å². The molecule has 0 radical (unpaired) electrons. The van der Waals surface area contributed by atoms with Gasteiger partial charge >= 0.3 is 0 Å². The molecule has 2 N–H and O–H groups in total. The first-order chi connectivity index (χ1) is 10.6. The van der Waals surface area contributed by atoms with Crippen LogP contribution in [0.3, 0.4) is 0 Å². The summed E-state index contributed by atoms with van der Waals surface area (Å²) >= 11 is 0. The Morgan fingerprint density at radius 1 is 1.26 bits per heavy atom. The van der Waals surface area contributed by atoms with Crippen LogP contribution < -0.4 is 20.1 Å². The molecular weight excluding hydrogens is 316 g/mol. The molecule has 0 atom stereocenters. The number of carbonyl (C=O) groups excluding carboxylic acids is 1. The minimum atomic E-state index is 0. The Balaban J connectivity index is 0.00000264. The molecule has 0 aromatic heterocycles. The van der Waals surface area contributed by atoms with Crippen LogP contribution in [-0.4, -0.2) is 39.8 Å². The molecule has 1 amide bonds. The van der Waals surface area contributed by atoms with Gasteiger partial charge in [0.2, 0.25) is 5.91 Å². The van der Waals surface area contributed by atoms with E-state index in [-0.39, 0.29) is 23.7 Å². The van der Waals surface area contributed by atoms with Gasteiger partial charge in [-0.05, 0) is 49.5 Å². The van der Waals surface area contributed by atoms with Gasteiger partial charge in [0.15, 0.2) is 0 Å². The van der Waals surface area contributed by atoms with E-state index < -0.39 is 0 Å². The summed E-state index contributed by atoms with van der Waals surface area (Å²) in [5, 5.41) is 6.42. The van der Waals surface area contributed by atoms with Crippen molar-refractivity contribution in [1.82, 2.24) is 10.6 Å². The van der Waals surface area contributed by atoms with E-state index in [1.165, 1.54) is 0 Å². The van der Waals surface area contributed by atoms with Gasteiger partial charge in [-0.15, -0.1) is 12.4 Å². The Kier molecular flexibility index (Phi) is 7.65. The van der Waals surface area contributed by atoms with E-state index in [1.54, 1.807) is 14.2 Å². The first-order valence-corrected chi connectivity index (χ1v) is 7.75. The van der Waals surface area contributed by atoms with Gasteiger partial charge in [-0.1, -0.05) is 6.92 Å². The highest BCUT2D eigenvalue weighted by Gasteiger charge is 2.27. The van der Waals surface area contributed by atoms with Crippen molar-refractivity contribution < 1.29 is 14.3 Å². The molecule has 0 spiro atoms. The van der Waals surface area contributed by atoms with Gasteiger partial charge in [-0.2, -0.15) is 0 Å². The van der Waals surface area contributed by atoms with Gasteiger partial charge < -0.3 is 20.1 Å². The fraction of sp³-hybridized carbons (Fsp3) is 0.588. The number of rotatable bonds is 6. The van der Waals surface area contributed by atoms with Crippen molar-refractivity contribution >= 4 is 18.3 Å². The number of nitrogens with one attached hydrogen (secondary N) is 2. The van der Waals surface area contributed by atoms with Crippen molar-refractivity contribution in [3.8, 4) is 11.5 Å². The predicted molar refractivity (Wildman–Crippen MR) is 93.7 cm³/mol. The first-order valence-electron chi connectivity index (χ1n) is 7.75. The average Bonchev–Trinajstić information content (AvgIpc) is 2.54. The molecule has 1 saturated heterocycles. The van der Waals surface area contributed by atoms with E-state index in [0.717, 1.165) is 43.8 Å². The second kappa shape index (κ2) is 8.99. The van der Waals surface area contributed by atoms with Crippen LogP contribution in [-0.2, 0) is 11.2 Å². The molecule has 2 rings (SSSR count). The minimum absolute atomic E-state index is 0. The number of ether oxygens (including phenoxy) is 2. The second-order valence-electron chi connectivity index (χ2n) is 6.19. The molecule has 1 heterocycles. The highest BCUT2D eigenvalue weighted by Crippen LogP contribution is 2.27. The van der Waals surface area contributed by atoms with E-state index in [2.05, 4.69) is 17.6 Å². The topological polar surface area (TPSA) is 59.6 Å². The van der Waals surface area contributed by atoms with Gasteiger partial charge in [-0.3, -0.25) is 4.79 Å². The molecule has 23 heavy (non-hydrogen) atoms. The third-order valence-electron chi connectivity index (χ3n) is 4.36. The first kappa shape index (κ1) is 19.6. The summed E-state index contributed by atoms with van der Waals surface area (Å²) in [7, 11) is 3.23. The van der Waals surface area contributed by atoms with Crippen LogP contribution in [0, 0.1) is 5.41 Å². The van der Waals surface area contributed by atoms with Gasteiger partial charge in [0, 0.05) is 12.1 Å². The average molecular weight is 343 g/mol. The third kappa shape index (κ3) is 5.59. The van der Waals surface area contributed by atoms with Crippen LogP contribution in [0.5, 0.6) is 11.5 Å². The summed E-state index contributed by atoms with van der Waals surface area (Å²) in [5.41, 5.74) is 1.04. The van der Waals surface area contributed by atoms with Gasteiger partial charge in [0.1, 0.15) is 11.5 Å². The number of piperidine rings is 1. The van der Waals surface area contributed by atoms with Crippen LogP contribution >= 0.6 is 12.4 Å². The third-order valence-corrected chi connectivity index (χ3v) is 4.36. The zero-order valence-corrected chi connectivity index (χ0v) is 14.9. The lowest BCUT2D eigenvalue weighted by Crippen LogP contribution is -2.43. The standard InChI is InChI=1S/C17H26N2O3.ClH/c1-17(6-8-18-9-7-17)12-19-16(20)11-13-10-14(21-2)4-5-15(13)22-3;/h4-5,10,18H,6-9,11-12H2,1-3H3,(H,19,20);1H. The lowest BCUT2D eigenvalue weighted by atomic mass is 9.81. The van der Waals surface area contributed by atoms with Crippen molar-refractivity contribution in [2.45, 2.75) is 26.2 Å². The number of benzene rings is 1. The molecule has 0 unspecified atom stereocenters. The number of carbonyl (C=O) groups is 1. The number of halogens is 1. The van der Waals surface area contributed by atoms with Crippen molar-refractivity contribution in [2.24, 2.45) is 5.41 Å². The number of hydrogen-bond acceptors (Lipinski definition) is 4. The quantitative estimate of drug-likeness (QED) is 0.832. The van der Waals surface area contributed by atoms with Crippen LogP contribution in [0.1, 0.15) is 25.3 Å². The molecule has 1 aliphatic heterocycles. The largest absolute Gasteiger partial charge is 0.497 e. The number of amides is 1. The minimum Gasteiger partial charge on any atom is -0.497 e. The molecule has 0 saturated carbocycles. The zero-order valence-electron chi connectivity index (χ0n) is 14.1. The molecular formula is C17H27ClN2O3. The van der Waals surface area contributed by atoms with Crippen molar-refractivity contribution in [3.05, 3.63) is 23.8 Å². The Morgan fingerprint density at radius 2 is 1.96 bits per heavy atom. The van der Waals surface area contributed by atoms with Gasteiger partial charge in [-0.25, -0.2) is 0 Å². The number of methoxy groups -OCH3 is 2. The molecule has 6 heteroatoms. The van der Waals surface area contributed by atoms with Crippen LogP contribution in [0.2, 0.25) is 0 Å². The lowest BCUT2D eigenvalue weighted by molar-refractivity contribution is -0.121. The lowest BCUT2D eigenvalue weighted by Gasteiger charge is -2.34. The van der Waals surface area contributed by atoms with Crippen molar-refractivity contribution in [3.63, 3.8) is 0 Å². The van der Waals surface area contributed by atoms with E-state index in [1.807, 2.05) is 18.2 Å². The maximum Gasteiger partial charge on any atom is 0.224 e. The highest BCUT2D eigenvalue weighted by atomic mass is 35.5. The second-order valence-corrected chi connectivity index (χ2v) is 6.19. The molecule has 130 valence electrons. The maximum atomic E-state index is 12.2. The van der Waals surface area contributed by atoms with Crippen LogP contribution in [0.4, 0.5) is 0 Å². The summed E-state index contributed by atoms with van der Waals surface area (Å²) in [6.45, 7) is 5.01. The maximum absolute atomic E-state index is 12.2. The predicted octanol–water partition coefficient (Wildman–Crippen LogP) is 2.17. The Morgan fingerprint density at radius 3 is 2.57 bits per heavy atom. The zero-order chi connectivity index (χ0) is 16.0. The Hall–Kier alpha value is -1.46. The Labute approximate surface area is 144 Å². The smallest absolute Gasteiger partial charge is 0.224 e. The fourth-order valence-electron chi connectivity index (χ4n) is 2.77. The van der Waals surface area contributed by atoms with E-state index in [9.17, 15) is 4.79 Å². The van der Waals surface area contributed by atoms with Crippen LogP contribution in [0.15, 0.2) is 18.2 Å². The summed E-state index contributed by atoms with van der Waals surface area (Å²) in [6, 6.07) is 5.51. The summed E-state index contributed by atoms with van der Waals surface area (Å²) < 4.78 is 10.5. The van der Waals surface area contributed by atoms with E-state index in [4.69, 9.17) is 9.47 Å². The molecule has 1 aliphatic rings. The van der Waals surface area contributed by atoms with Crippen molar-refractivity contribution in [1.29, 1.82) is 0 Å². The SMILES string of the molecule is COc1ccc(OC)c(CC(=O)NCC2(C)CCNCC2)c1.Cl. The van der Waals surface area contributed by atoms with Gasteiger partial charge in [0.05, 0.1) is 20.6 Å². The Bertz CT molecular complexity index is 517. The summed E-state index contributed by atoms with van der Waals surface area (Å²) in [6.07, 6.45) is 2.49. The monoisotopic (exact) mass is 342 g/mol. The fourth-order valence-corrected chi connectivity index (χ4v) is 2.77. The summed E-state index contributed by atoms with van der Waals surface area (Å²) in [5.74, 6) is 1.46. The molecule has 5 nitrogen and oxygen atoms in total. The molecule has 1 aromatic carbocycles. The van der Waals surface area contributed by atoms with Crippen LogP contribution in [0.25, 0.3) is 0 Å². The van der Waals surface area contributed by atoms with E-state index >= 15 is 0 Å². The molecule has 1 aromatic rings. The number of hydrogen-bond donors (Lipinski definition) is 2. The van der Waals surface area contributed by atoms with E-state index in [0.29, 0.717) is 12.2 Å². The normalized spacial score (nSPS) is 16.1.